The topological polar surface area (TPSA) is 87.3 Å². The fraction of sp³-hybridized carbons (Fsp3) is 0.529. The Hall–Kier alpha value is -1.92. The number of hydrogen-bond donors (Lipinski definition) is 0. The van der Waals surface area contributed by atoms with Gasteiger partial charge in [-0.15, -0.1) is 0 Å². The van der Waals surface area contributed by atoms with Crippen molar-refractivity contribution in [3.05, 3.63) is 35.9 Å². The second kappa shape index (κ2) is 7.10. The molecule has 0 aliphatic carbocycles. The summed E-state index contributed by atoms with van der Waals surface area (Å²) in [7, 11) is 3.42. The van der Waals surface area contributed by atoms with Gasteiger partial charge in [-0.2, -0.15) is 0 Å². The van der Waals surface area contributed by atoms with E-state index in [2.05, 4.69) is 4.90 Å². The number of ether oxygens (including phenoxy) is 2. The average Bonchev–Trinajstić information content (AvgIpc) is 2.78. The normalized spacial score (nSPS) is 29.5. The Bertz CT molecular complexity index is 561. The fourth-order valence-corrected chi connectivity index (χ4v) is 3.77. The van der Waals surface area contributed by atoms with E-state index in [4.69, 9.17) is 9.47 Å². The van der Waals surface area contributed by atoms with E-state index in [0.717, 1.165) is 12.8 Å². The van der Waals surface area contributed by atoms with Gasteiger partial charge >= 0.3 is 11.9 Å². The summed E-state index contributed by atoms with van der Waals surface area (Å²) >= 11 is 0. The Morgan fingerprint density at radius 1 is 1.17 bits per heavy atom. The molecule has 3 rings (SSSR count). The lowest BCUT2D eigenvalue weighted by molar-refractivity contribution is -0.156. The molecular weight excluding hydrogens is 298 g/mol. The summed E-state index contributed by atoms with van der Waals surface area (Å²) in [5, 5.41) is 0. The number of nitrogens with zero attached hydrogens (tertiary/aromatic N) is 1. The summed E-state index contributed by atoms with van der Waals surface area (Å²) < 4.78 is 10.6. The van der Waals surface area contributed by atoms with Crippen molar-refractivity contribution in [2.24, 2.45) is 5.92 Å². The van der Waals surface area contributed by atoms with Gasteiger partial charge < -0.3 is 14.9 Å². The standard InChI is InChI=1S/C17H21NO4.H2O/c1-18-12-8-9-13(18)15(17(20)21-2)14(10-12)22-16(19)11-6-4-3-5-7-11;/h3-7,12-15H,8-10H2,1-2H3;1H2/t12-,13+,14-,15+;/m0./s1. The number of benzene rings is 1. The van der Waals surface area contributed by atoms with Crippen LogP contribution in [0.4, 0.5) is 0 Å². The third-order valence-corrected chi connectivity index (χ3v) is 4.96. The molecule has 23 heavy (non-hydrogen) atoms. The first-order valence-corrected chi connectivity index (χ1v) is 7.67. The predicted octanol–water partition coefficient (Wildman–Crippen LogP) is 1.04. The Morgan fingerprint density at radius 3 is 2.52 bits per heavy atom. The quantitative estimate of drug-likeness (QED) is 0.776. The van der Waals surface area contributed by atoms with E-state index in [-0.39, 0.29) is 23.5 Å². The number of esters is 2. The molecule has 0 saturated carbocycles. The highest BCUT2D eigenvalue weighted by Crippen LogP contribution is 2.40. The van der Waals surface area contributed by atoms with Crippen molar-refractivity contribution in [2.45, 2.75) is 37.5 Å². The molecule has 6 nitrogen and oxygen atoms in total. The summed E-state index contributed by atoms with van der Waals surface area (Å²) in [6.07, 6.45) is 2.26. The highest BCUT2D eigenvalue weighted by molar-refractivity contribution is 5.89. The average molecular weight is 321 g/mol. The van der Waals surface area contributed by atoms with Gasteiger partial charge in [-0.25, -0.2) is 4.79 Å². The number of hydrogen-bond acceptors (Lipinski definition) is 5. The van der Waals surface area contributed by atoms with Crippen LogP contribution in [0.15, 0.2) is 30.3 Å². The maximum Gasteiger partial charge on any atom is 0.338 e. The smallest absolute Gasteiger partial charge is 0.338 e. The van der Waals surface area contributed by atoms with E-state index >= 15 is 0 Å². The molecule has 0 amide bonds. The molecule has 0 radical (unpaired) electrons. The lowest BCUT2D eigenvalue weighted by Gasteiger charge is -2.40. The van der Waals surface area contributed by atoms with Crippen molar-refractivity contribution in [3.8, 4) is 0 Å². The molecule has 2 bridgehead atoms. The lowest BCUT2D eigenvalue weighted by atomic mass is 9.87. The minimum Gasteiger partial charge on any atom is -0.469 e. The summed E-state index contributed by atoms with van der Waals surface area (Å²) in [6, 6.07) is 9.36. The zero-order valence-corrected chi connectivity index (χ0v) is 13.4. The molecule has 2 heterocycles. The first-order valence-electron chi connectivity index (χ1n) is 7.67. The van der Waals surface area contributed by atoms with E-state index in [1.165, 1.54) is 7.11 Å². The second-order valence-corrected chi connectivity index (χ2v) is 6.06. The minimum atomic E-state index is -0.408. The van der Waals surface area contributed by atoms with Gasteiger partial charge in [-0.05, 0) is 32.0 Å². The van der Waals surface area contributed by atoms with Gasteiger partial charge in [0, 0.05) is 18.5 Å². The van der Waals surface area contributed by atoms with E-state index in [0.29, 0.717) is 18.0 Å². The first-order chi connectivity index (χ1) is 10.6. The van der Waals surface area contributed by atoms with Crippen LogP contribution in [0.1, 0.15) is 29.6 Å². The first kappa shape index (κ1) is 17.4. The van der Waals surface area contributed by atoms with Gasteiger partial charge in [0.25, 0.3) is 0 Å². The van der Waals surface area contributed by atoms with Crippen molar-refractivity contribution in [2.75, 3.05) is 14.2 Å². The van der Waals surface area contributed by atoms with E-state index in [1.807, 2.05) is 13.1 Å². The number of piperidine rings is 1. The molecule has 2 aliphatic rings. The Morgan fingerprint density at radius 2 is 1.87 bits per heavy atom. The van der Waals surface area contributed by atoms with Crippen molar-refractivity contribution >= 4 is 11.9 Å². The molecule has 2 N–H and O–H groups in total. The third-order valence-electron chi connectivity index (χ3n) is 4.96. The second-order valence-electron chi connectivity index (χ2n) is 6.06. The molecule has 2 saturated heterocycles. The van der Waals surface area contributed by atoms with Gasteiger partial charge in [0.05, 0.1) is 12.7 Å². The Balaban J connectivity index is 0.00000192. The molecule has 1 aromatic carbocycles. The Labute approximate surface area is 135 Å². The SMILES string of the molecule is COC(=O)[C@H]1[C@@H](OC(=O)c2ccccc2)C[C@@H]2CC[C@H]1N2C.O. The number of fused-ring (bicyclic) bond motifs is 2. The van der Waals surface area contributed by atoms with Gasteiger partial charge in [0.2, 0.25) is 0 Å². The summed E-state index contributed by atoms with van der Waals surface area (Å²) in [4.78, 5) is 26.7. The van der Waals surface area contributed by atoms with Crippen LogP contribution in [-0.2, 0) is 14.3 Å². The van der Waals surface area contributed by atoms with Gasteiger partial charge in [-0.1, -0.05) is 18.2 Å². The van der Waals surface area contributed by atoms with Crippen molar-refractivity contribution in [3.63, 3.8) is 0 Å². The van der Waals surface area contributed by atoms with Crippen LogP contribution in [0, 0.1) is 5.92 Å². The monoisotopic (exact) mass is 321 g/mol. The molecule has 0 aromatic heterocycles. The molecule has 2 aliphatic heterocycles. The number of methoxy groups -OCH3 is 1. The van der Waals surface area contributed by atoms with Crippen LogP contribution in [0.3, 0.4) is 0 Å². The molecular formula is C17H23NO5. The van der Waals surface area contributed by atoms with Crippen LogP contribution in [-0.4, -0.2) is 54.7 Å². The zero-order valence-electron chi connectivity index (χ0n) is 13.4. The largest absolute Gasteiger partial charge is 0.469 e. The van der Waals surface area contributed by atoms with Crippen molar-refractivity contribution in [1.29, 1.82) is 0 Å². The van der Waals surface area contributed by atoms with Crippen LogP contribution in [0.2, 0.25) is 0 Å². The predicted molar refractivity (Wildman–Crippen MR) is 84.0 cm³/mol. The molecule has 0 spiro atoms. The molecule has 6 heteroatoms. The highest BCUT2D eigenvalue weighted by Gasteiger charge is 2.50. The summed E-state index contributed by atoms with van der Waals surface area (Å²) in [5.74, 6) is -1.06. The highest BCUT2D eigenvalue weighted by atomic mass is 16.6. The number of rotatable bonds is 3. The van der Waals surface area contributed by atoms with Crippen LogP contribution < -0.4 is 0 Å². The van der Waals surface area contributed by atoms with Gasteiger partial charge in [-0.3, -0.25) is 9.69 Å². The number of carbonyl (C=O) groups excluding carboxylic acids is 2. The maximum atomic E-state index is 12.3. The maximum absolute atomic E-state index is 12.3. The number of carbonyl (C=O) groups is 2. The molecule has 2 fully saturated rings. The van der Waals surface area contributed by atoms with E-state index in [9.17, 15) is 9.59 Å². The van der Waals surface area contributed by atoms with Crippen LogP contribution in [0.25, 0.3) is 0 Å². The van der Waals surface area contributed by atoms with E-state index < -0.39 is 12.0 Å². The van der Waals surface area contributed by atoms with Gasteiger partial charge in [0.15, 0.2) is 0 Å². The molecule has 1 aromatic rings. The molecule has 4 atom stereocenters. The summed E-state index contributed by atoms with van der Waals surface area (Å²) in [6.45, 7) is 0. The summed E-state index contributed by atoms with van der Waals surface area (Å²) in [5.41, 5.74) is 0.511. The minimum absolute atomic E-state index is 0. The fourth-order valence-electron chi connectivity index (χ4n) is 3.77. The third kappa shape index (κ3) is 3.23. The van der Waals surface area contributed by atoms with Gasteiger partial charge in [0.1, 0.15) is 12.0 Å². The molecule has 0 unspecified atom stereocenters. The van der Waals surface area contributed by atoms with E-state index in [1.54, 1.807) is 24.3 Å². The lowest BCUT2D eigenvalue weighted by Crippen LogP contribution is -2.53. The zero-order chi connectivity index (χ0) is 15.7. The van der Waals surface area contributed by atoms with Crippen molar-refractivity contribution in [1.82, 2.24) is 4.90 Å². The Kier molecular flexibility index (Phi) is 5.38. The van der Waals surface area contributed by atoms with Crippen LogP contribution in [0.5, 0.6) is 0 Å². The molecule has 126 valence electrons. The van der Waals surface area contributed by atoms with Crippen molar-refractivity contribution < 1.29 is 24.5 Å². The van der Waals surface area contributed by atoms with Crippen LogP contribution >= 0.6 is 0 Å².